The smallest absolute Gasteiger partial charge is 0.260 e. The largest absolute Gasteiger partial charge is 0.384 e. The van der Waals surface area contributed by atoms with E-state index in [2.05, 4.69) is 28.9 Å². The van der Waals surface area contributed by atoms with Gasteiger partial charge in [-0.05, 0) is 33.6 Å². The maximum absolute atomic E-state index is 13.3. The Labute approximate surface area is 158 Å². The number of hydrogen-bond acceptors (Lipinski definition) is 5. The molecule has 2 aromatic rings. The summed E-state index contributed by atoms with van der Waals surface area (Å²) in [6.07, 6.45) is 2.03. The third-order valence-corrected chi connectivity index (χ3v) is 5.46. The van der Waals surface area contributed by atoms with Crippen LogP contribution in [-0.2, 0) is 6.54 Å². The summed E-state index contributed by atoms with van der Waals surface area (Å²) in [5.74, 6) is 1.62. The van der Waals surface area contributed by atoms with Crippen molar-refractivity contribution in [3.8, 4) is 11.3 Å². The minimum atomic E-state index is -0.0531. The molecule has 0 radical (unpaired) electrons. The van der Waals surface area contributed by atoms with E-state index in [-0.39, 0.29) is 23.7 Å². The molecule has 2 aromatic heterocycles. The number of amides is 1. The van der Waals surface area contributed by atoms with Crippen LogP contribution in [0.15, 0.2) is 4.52 Å². The first-order chi connectivity index (χ1) is 12.9. The summed E-state index contributed by atoms with van der Waals surface area (Å²) in [5.41, 5.74) is 9.32. The highest BCUT2D eigenvalue weighted by Crippen LogP contribution is 2.48. The van der Waals surface area contributed by atoms with Gasteiger partial charge < -0.3 is 25.0 Å². The van der Waals surface area contributed by atoms with Crippen molar-refractivity contribution in [1.82, 2.24) is 14.6 Å². The molecule has 1 aliphatic carbocycles. The van der Waals surface area contributed by atoms with Crippen LogP contribution in [0.5, 0.6) is 0 Å². The monoisotopic (exact) mass is 370 g/mol. The van der Waals surface area contributed by atoms with Crippen LogP contribution in [0, 0.1) is 5.41 Å². The number of nitrogen functional groups attached to an aromatic ring is 1. The molecule has 1 aliphatic heterocycles. The second-order valence-corrected chi connectivity index (χ2v) is 7.54. The second-order valence-electron chi connectivity index (χ2n) is 7.54. The van der Waals surface area contributed by atoms with E-state index in [4.69, 9.17) is 15.7 Å². The number of carbonyl (C=O) groups excluding carboxylic acids is 1. The van der Waals surface area contributed by atoms with Crippen molar-refractivity contribution in [3.63, 3.8) is 0 Å². The zero-order valence-electron chi connectivity index (χ0n) is 16.2. The number of aromatic nitrogens is 2. The van der Waals surface area contributed by atoms with E-state index in [9.17, 15) is 4.79 Å². The molecule has 4 N–H and O–H groups in total. The average Bonchev–Trinajstić information content (AvgIpc) is 3.30. The van der Waals surface area contributed by atoms with Gasteiger partial charge in [-0.2, -0.15) is 0 Å². The predicted molar refractivity (Wildman–Crippen MR) is 103 cm³/mol. The van der Waals surface area contributed by atoms with Gasteiger partial charge in [0.1, 0.15) is 22.9 Å². The second kappa shape index (κ2) is 6.14. The van der Waals surface area contributed by atoms with Crippen molar-refractivity contribution in [2.24, 2.45) is 5.73 Å². The highest BCUT2D eigenvalue weighted by atomic mass is 16.5. The fraction of sp³-hybridized carbons (Fsp3) is 0.526. The zero-order chi connectivity index (χ0) is 19.5. The quantitative estimate of drug-likeness (QED) is 0.553. The number of fused-ring (bicyclic) bond motifs is 3. The van der Waals surface area contributed by atoms with Gasteiger partial charge in [-0.1, -0.05) is 5.16 Å². The van der Waals surface area contributed by atoms with Crippen molar-refractivity contribution < 1.29 is 9.32 Å². The van der Waals surface area contributed by atoms with Crippen LogP contribution in [0.1, 0.15) is 72.9 Å². The molecule has 2 aliphatic rings. The number of nitrogens with one attached hydrogen (secondary N) is 2. The molecular weight excluding hydrogens is 344 g/mol. The number of carbonyl (C=O) groups is 1. The topological polar surface area (TPSA) is 113 Å². The molecule has 8 heteroatoms. The molecule has 1 fully saturated rings. The Morgan fingerprint density at radius 1 is 1.41 bits per heavy atom. The minimum absolute atomic E-state index is 0.0469. The van der Waals surface area contributed by atoms with Gasteiger partial charge in [-0.3, -0.25) is 10.2 Å². The van der Waals surface area contributed by atoms with E-state index < -0.39 is 0 Å². The minimum Gasteiger partial charge on any atom is -0.384 e. The lowest BCUT2D eigenvalue weighted by Crippen LogP contribution is -2.30. The molecule has 1 amide bonds. The first-order valence-electron chi connectivity index (χ1n) is 9.49. The first kappa shape index (κ1) is 17.6. The van der Waals surface area contributed by atoms with Crippen LogP contribution in [0.25, 0.3) is 11.3 Å². The molecule has 0 atom stereocenters. The molecular formula is C19H26N6O2. The van der Waals surface area contributed by atoms with Gasteiger partial charge in [-0.25, -0.2) is 0 Å². The molecule has 1 saturated carbocycles. The molecule has 4 rings (SSSR count). The Balaban J connectivity index is 2.09. The molecule has 0 unspecified atom stereocenters. The van der Waals surface area contributed by atoms with Crippen molar-refractivity contribution in [1.29, 1.82) is 5.41 Å². The standard InChI is InChI=1S/C19H26N6O2/c1-5-24-8-11-12(13(17(20)21)18(22-4)25(11)9(2)3)15-14(19(24)26)16(27-23-15)10-6-7-10/h9-10,22H,5-8H2,1-4H3,(H3,20,21). The van der Waals surface area contributed by atoms with Crippen molar-refractivity contribution in [3.05, 3.63) is 22.6 Å². The number of amidine groups is 1. The molecule has 0 bridgehead atoms. The Morgan fingerprint density at radius 3 is 2.63 bits per heavy atom. The molecule has 3 heterocycles. The lowest BCUT2D eigenvalue weighted by molar-refractivity contribution is 0.0749. The van der Waals surface area contributed by atoms with Gasteiger partial charge >= 0.3 is 0 Å². The first-order valence-corrected chi connectivity index (χ1v) is 9.49. The van der Waals surface area contributed by atoms with Crippen molar-refractivity contribution in [2.75, 3.05) is 18.9 Å². The van der Waals surface area contributed by atoms with E-state index in [1.165, 1.54) is 0 Å². The summed E-state index contributed by atoms with van der Waals surface area (Å²) < 4.78 is 7.77. The SMILES string of the molecule is CCN1Cc2c(c(C(=N)N)c(NC)n2C(C)C)-c2noc(C3CC3)c2C1=O. The summed E-state index contributed by atoms with van der Waals surface area (Å²) in [4.78, 5) is 15.1. The van der Waals surface area contributed by atoms with Gasteiger partial charge in [0.25, 0.3) is 5.91 Å². The molecule has 0 spiro atoms. The van der Waals surface area contributed by atoms with Crippen LogP contribution >= 0.6 is 0 Å². The fourth-order valence-electron chi connectivity index (χ4n) is 4.10. The van der Waals surface area contributed by atoms with Crippen LogP contribution in [0.2, 0.25) is 0 Å². The Hall–Kier alpha value is -2.77. The van der Waals surface area contributed by atoms with Gasteiger partial charge in [-0.15, -0.1) is 0 Å². The molecule has 0 saturated heterocycles. The van der Waals surface area contributed by atoms with Crippen LogP contribution < -0.4 is 11.1 Å². The molecule has 8 nitrogen and oxygen atoms in total. The van der Waals surface area contributed by atoms with E-state index in [0.717, 1.165) is 29.9 Å². The van der Waals surface area contributed by atoms with Crippen LogP contribution in [0.3, 0.4) is 0 Å². The highest BCUT2D eigenvalue weighted by molar-refractivity contribution is 6.11. The zero-order valence-corrected chi connectivity index (χ0v) is 16.2. The number of nitrogens with two attached hydrogens (primary N) is 1. The summed E-state index contributed by atoms with van der Waals surface area (Å²) in [6, 6.07) is 0.125. The summed E-state index contributed by atoms with van der Waals surface area (Å²) in [5, 5.41) is 15.7. The molecule has 27 heavy (non-hydrogen) atoms. The van der Waals surface area contributed by atoms with Crippen LogP contribution in [0.4, 0.5) is 5.82 Å². The Morgan fingerprint density at radius 2 is 2.11 bits per heavy atom. The van der Waals surface area contributed by atoms with E-state index >= 15 is 0 Å². The molecule has 0 aromatic carbocycles. The van der Waals surface area contributed by atoms with Crippen molar-refractivity contribution in [2.45, 2.75) is 52.1 Å². The van der Waals surface area contributed by atoms with E-state index in [0.29, 0.717) is 35.7 Å². The predicted octanol–water partition coefficient (Wildman–Crippen LogP) is 2.90. The highest BCUT2D eigenvalue weighted by Gasteiger charge is 2.41. The van der Waals surface area contributed by atoms with Crippen molar-refractivity contribution >= 4 is 17.6 Å². The third-order valence-electron chi connectivity index (χ3n) is 5.46. The summed E-state index contributed by atoms with van der Waals surface area (Å²) in [7, 11) is 1.82. The summed E-state index contributed by atoms with van der Waals surface area (Å²) in [6.45, 7) is 7.16. The third kappa shape index (κ3) is 2.46. The lowest BCUT2D eigenvalue weighted by atomic mass is 10.0. The van der Waals surface area contributed by atoms with Gasteiger partial charge in [0, 0.05) is 36.8 Å². The number of hydrogen-bond donors (Lipinski definition) is 3. The average molecular weight is 370 g/mol. The van der Waals surface area contributed by atoms with Gasteiger partial charge in [0.2, 0.25) is 0 Å². The maximum Gasteiger partial charge on any atom is 0.260 e. The molecule has 144 valence electrons. The maximum atomic E-state index is 13.3. The van der Waals surface area contributed by atoms with Gasteiger partial charge in [0.15, 0.2) is 5.76 Å². The number of anilines is 1. The number of nitrogens with zero attached hydrogens (tertiary/aromatic N) is 3. The Bertz CT molecular complexity index is 935. The summed E-state index contributed by atoms with van der Waals surface area (Å²) >= 11 is 0. The lowest BCUT2D eigenvalue weighted by Gasteiger charge is -2.23. The van der Waals surface area contributed by atoms with Gasteiger partial charge in [0.05, 0.1) is 12.1 Å². The fourth-order valence-corrected chi connectivity index (χ4v) is 4.10. The van der Waals surface area contributed by atoms with E-state index in [1.54, 1.807) is 0 Å². The van der Waals surface area contributed by atoms with E-state index in [1.807, 2.05) is 18.9 Å². The van der Waals surface area contributed by atoms with Crippen LogP contribution in [-0.4, -0.2) is 40.0 Å². The number of rotatable bonds is 5. The Kier molecular flexibility index (Phi) is 4.01. The normalized spacial score (nSPS) is 16.3.